The Balaban J connectivity index is 1.85. The van der Waals surface area contributed by atoms with Crippen LogP contribution in [-0.4, -0.2) is 21.4 Å². The molecular weight excluding hydrogens is 236 g/mol. The molecule has 2 heteroatoms. The first-order valence-electron chi connectivity index (χ1n) is 8.36. The molecule has 3 aliphatic carbocycles. The summed E-state index contributed by atoms with van der Waals surface area (Å²) in [7, 11) is 0. The molecule has 5 atom stereocenters. The van der Waals surface area contributed by atoms with Crippen LogP contribution in [0, 0.1) is 23.7 Å². The normalized spacial score (nSPS) is 47.4. The van der Waals surface area contributed by atoms with E-state index in [9.17, 15) is 10.2 Å². The Morgan fingerprint density at radius 2 is 1.63 bits per heavy atom. The van der Waals surface area contributed by atoms with Gasteiger partial charge < -0.3 is 10.2 Å². The monoisotopic (exact) mass is 266 g/mol. The molecule has 0 aliphatic heterocycles. The number of aliphatic hydroxyl groups is 2. The fourth-order valence-electron chi connectivity index (χ4n) is 5.60. The van der Waals surface area contributed by atoms with Gasteiger partial charge in [-0.3, -0.25) is 0 Å². The molecule has 0 aromatic carbocycles. The van der Waals surface area contributed by atoms with Crippen LogP contribution in [0.1, 0.15) is 71.6 Å². The molecule has 0 radical (unpaired) electrons. The van der Waals surface area contributed by atoms with E-state index >= 15 is 0 Å². The molecule has 2 nitrogen and oxygen atoms in total. The Kier molecular flexibility index (Phi) is 3.46. The van der Waals surface area contributed by atoms with Crippen LogP contribution in [0.3, 0.4) is 0 Å². The number of hydrogen-bond acceptors (Lipinski definition) is 2. The van der Waals surface area contributed by atoms with Crippen LogP contribution in [-0.2, 0) is 0 Å². The van der Waals surface area contributed by atoms with Crippen molar-refractivity contribution in [2.24, 2.45) is 23.7 Å². The Hall–Kier alpha value is -0.0800. The highest BCUT2D eigenvalue weighted by Crippen LogP contribution is 2.56. The predicted molar refractivity (Wildman–Crippen MR) is 76.8 cm³/mol. The van der Waals surface area contributed by atoms with E-state index in [0.29, 0.717) is 5.92 Å². The Morgan fingerprint density at radius 1 is 0.947 bits per heavy atom. The van der Waals surface area contributed by atoms with Crippen molar-refractivity contribution < 1.29 is 10.2 Å². The Bertz CT molecular complexity index is 333. The van der Waals surface area contributed by atoms with Crippen LogP contribution in [0.5, 0.6) is 0 Å². The van der Waals surface area contributed by atoms with Gasteiger partial charge in [-0.25, -0.2) is 0 Å². The van der Waals surface area contributed by atoms with Crippen molar-refractivity contribution in [3.8, 4) is 0 Å². The van der Waals surface area contributed by atoms with E-state index in [-0.39, 0.29) is 5.92 Å². The number of fused-ring (bicyclic) bond motifs is 2. The number of hydrogen-bond donors (Lipinski definition) is 2. The molecule has 3 fully saturated rings. The molecule has 19 heavy (non-hydrogen) atoms. The molecule has 0 aromatic heterocycles. The maximum atomic E-state index is 11.4. The van der Waals surface area contributed by atoms with Crippen LogP contribution in [0.15, 0.2) is 0 Å². The summed E-state index contributed by atoms with van der Waals surface area (Å²) in [4.78, 5) is 0. The highest BCUT2D eigenvalue weighted by molar-refractivity contribution is 5.06. The highest BCUT2D eigenvalue weighted by atomic mass is 16.3. The summed E-state index contributed by atoms with van der Waals surface area (Å²) in [6.45, 7) is 3.79. The van der Waals surface area contributed by atoms with E-state index in [2.05, 4.69) is 0 Å². The molecule has 0 bridgehead atoms. The lowest BCUT2D eigenvalue weighted by atomic mass is 9.52. The van der Waals surface area contributed by atoms with Crippen molar-refractivity contribution in [1.29, 1.82) is 0 Å². The van der Waals surface area contributed by atoms with E-state index in [1.807, 2.05) is 13.8 Å². The van der Waals surface area contributed by atoms with Crippen LogP contribution >= 0.6 is 0 Å². The standard InChI is InChI=1S/C17H30O2/c1-16(2,18)15-9-5-8-14-10-12-6-3-4-7-13(12)11-17(14,15)19/h12-15,18-19H,3-11H2,1-2H3. The maximum Gasteiger partial charge on any atom is 0.0733 e. The van der Waals surface area contributed by atoms with Gasteiger partial charge in [0.2, 0.25) is 0 Å². The topological polar surface area (TPSA) is 40.5 Å². The van der Waals surface area contributed by atoms with Gasteiger partial charge >= 0.3 is 0 Å². The largest absolute Gasteiger partial charge is 0.390 e. The molecule has 110 valence electrons. The number of rotatable bonds is 1. The van der Waals surface area contributed by atoms with Gasteiger partial charge in [0.25, 0.3) is 0 Å². The summed E-state index contributed by atoms with van der Waals surface area (Å²) >= 11 is 0. The van der Waals surface area contributed by atoms with Crippen LogP contribution in [0.2, 0.25) is 0 Å². The van der Waals surface area contributed by atoms with Crippen molar-refractivity contribution in [2.45, 2.75) is 82.8 Å². The molecular formula is C17H30O2. The van der Waals surface area contributed by atoms with E-state index in [4.69, 9.17) is 0 Å². The maximum absolute atomic E-state index is 11.4. The average molecular weight is 266 g/mol. The Labute approximate surface area is 117 Å². The summed E-state index contributed by atoms with van der Waals surface area (Å²) in [5.74, 6) is 2.09. The van der Waals surface area contributed by atoms with Gasteiger partial charge in [0.05, 0.1) is 11.2 Å². The van der Waals surface area contributed by atoms with Crippen molar-refractivity contribution in [3.05, 3.63) is 0 Å². The van der Waals surface area contributed by atoms with Gasteiger partial charge in [0, 0.05) is 5.92 Å². The van der Waals surface area contributed by atoms with Crippen LogP contribution in [0.25, 0.3) is 0 Å². The van der Waals surface area contributed by atoms with Gasteiger partial charge in [0.1, 0.15) is 0 Å². The van der Waals surface area contributed by atoms with E-state index in [1.165, 1.54) is 44.9 Å². The van der Waals surface area contributed by atoms with Gasteiger partial charge in [-0.2, -0.15) is 0 Å². The van der Waals surface area contributed by atoms with Gasteiger partial charge in [-0.05, 0) is 57.3 Å². The fraction of sp³-hybridized carbons (Fsp3) is 1.00. The summed E-state index contributed by atoms with van der Waals surface area (Å²) in [5.41, 5.74) is -1.33. The smallest absolute Gasteiger partial charge is 0.0733 e. The lowest BCUT2D eigenvalue weighted by molar-refractivity contribution is -0.195. The minimum Gasteiger partial charge on any atom is -0.390 e. The molecule has 0 heterocycles. The van der Waals surface area contributed by atoms with Crippen molar-refractivity contribution in [1.82, 2.24) is 0 Å². The zero-order chi connectivity index (χ0) is 13.7. The lowest BCUT2D eigenvalue weighted by Gasteiger charge is -2.57. The quantitative estimate of drug-likeness (QED) is 0.762. The van der Waals surface area contributed by atoms with E-state index in [0.717, 1.165) is 24.7 Å². The van der Waals surface area contributed by atoms with Gasteiger partial charge in [0.15, 0.2) is 0 Å². The molecule has 3 rings (SSSR count). The molecule has 3 saturated carbocycles. The van der Waals surface area contributed by atoms with Gasteiger partial charge in [-0.15, -0.1) is 0 Å². The van der Waals surface area contributed by atoms with Crippen molar-refractivity contribution >= 4 is 0 Å². The van der Waals surface area contributed by atoms with Crippen LogP contribution < -0.4 is 0 Å². The second kappa shape index (κ2) is 4.73. The third kappa shape index (κ3) is 2.35. The third-order valence-electron chi connectivity index (χ3n) is 6.45. The second-order valence-electron chi connectivity index (χ2n) is 8.07. The van der Waals surface area contributed by atoms with Crippen molar-refractivity contribution in [3.63, 3.8) is 0 Å². The van der Waals surface area contributed by atoms with Crippen molar-refractivity contribution in [2.75, 3.05) is 0 Å². The average Bonchev–Trinajstić information content (AvgIpc) is 2.33. The zero-order valence-corrected chi connectivity index (χ0v) is 12.6. The van der Waals surface area contributed by atoms with Crippen LogP contribution in [0.4, 0.5) is 0 Å². The minimum absolute atomic E-state index is 0.0710. The molecule has 0 amide bonds. The minimum atomic E-state index is -0.741. The second-order valence-corrected chi connectivity index (χ2v) is 8.07. The lowest BCUT2D eigenvalue weighted by Crippen LogP contribution is -2.59. The summed E-state index contributed by atoms with van der Waals surface area (Å²) < 4.78 is 0. The third-order valence-corrected chi connectivity index (χ3v) is 6.45. The SMILES string of the molecule is CC(C)(O)C1CCCC2CC3CCCCC3CC21O. The Morgan fingerprint density at radius 3 is 2.32 bits per heavy atom. The highest BCUT2D eigenvalue weighted by Gasteiger charge is 2.55. The summed E-state index contributed by atoms with van der Waals surface area (Å²) in [5, 5.41) is 21.8. The zero-order valence-electron chi connectivity index (χ0n) is 12.6. The predicted octanol–water partition coefficient (Wildman–Crippen LogP) is 3.50. The van der Waals surface area contributed by atoms with Gasteiger partial charge in [-0.1, -0.05) is 32.1 Å². The first kappa shape index (κ1) is 13.9. The molecule has 3 aliphatic rings. The van der Waals surface area contributed by atoms with E-state index < -0.39 is 11.2 Å². The molecule has 0 saturated heterocycles. The molecule has 0 aromatic rings. The molecule has 5 unspecified atom stereocenters. The summed E-state index contributed by atoms with van der Waals surface area (Å²) in [6, 6.07) is 0. The first-order chi connectivity index (χ1) is 8.91. The first-order valence-corrected chi connectivity index (χ1v) is 8.36. The summed E-state index contributed by atoms with van der Waals surface area (Å²) in [6.07, 6.45) is 10.9. The fourth-order valence-corrected chi connectivity index (χ4v) is 5.60. The van der Waals surface area contributed by atoms with E-state index in [1.54, 1.807) is 0 Å². The molecule has 0 spiro atoms. The molecule has 2 N–H and O–H groups in total.